The molecule has 1 aliphatic heterocycles. The average Bonchev–Trinajstić information content (AvgIpc) is 3.22. The van der Waals surface area contributed by atoms with Gasteiger partial charge in [-0.05, 0) is 24.3 Å². The topological polar surface area (TPSA) is 96.9 Å². The van der Waals surface area contributed by atoms with E-state index < -0.39 is 0 Å². The number of carbonyl (C=O) groups is 2. The molecular formula is C21H23N5O4S. The van der Waals surface area contributed by atoms with E-state index in [9.17, 15) is 9.59 Å². The molecule has 162 valence electrons. The summed E-state index contributed by atoms with van der Waals surface area (Å²) in [5.41, 5.74) is 2.52. The molecule has 1 saturated heterocycles. The van der Waals surface area contributed by atoms with Gasteiger partial charge in [0.25, 0.3) is 11.8 Å². The van der Waals surface area contributed by atoms with Crippen molar-refractivity contribution in [1.29, 1.82) is 0 Å². The fourth-order valence-corrected chi connectivity index (χ4v) is 4.29. The van der Waals surface area contributed by atoms with E-state index in [1.807, 2.05) is 0 Å². The third-order valence-corrected chi connectivity index (χ3v) is 5.93. The van der Waals surface area contributed by atoms with Crippen molar-refractivity contribution in [2.45, 2.75) is 0 Å². The summed E-state index contributed by atoms with van der Waals surface area (Å²) in [7, 11) is 4.92. The fourth-order valence-electron chi connectivity index (χ4n) is 3.30. The monoisotopic (exact) mass is 441 g/mol. The number of fused-ring (bicyclic) bond motifs is 1. The van der Waals surface area contributed by atoms with Crippen molar-refractivity contribution in [3.8, 4) is 5.88 Å². The van der Waals surface area contributed by atoms with E-state index >= 15 is 0 Å². The highest BCUT2D eigenvalue weighted by Crippen LogP contribution is 2.38. The van der Waals surface area contributed by atoms with Gasteiger partial charge in [-0.1, -0.05) is 11.3 Å². The van der Waals surface area contributed by atoms with E-state index in [-0.39, 0.29) is 11.8 Å². The first kappa shape index (κ1) is 21.0. The maximum Gasteiger partial charge on any atom is 0.257 e. The van der Waals surface area contributed by atoms with E-state index in [0.29, 0.717) is 40.9 Å². The summed E-state index contributed by atoms with van der Waals surface area (Å²) < 4.78 is 11.7. The van der Waals surface area contributed by atoms with E-state index in [4.69, 9.17) is 9.47 Å². The normalized spacial score (nSPS) is 13.8. The van der Waals surface area contributed by atoms with E-state index in [0.717, 1.165) is 23.5 Å². The molecule has 0 radical (unpaired) electrons. The van der Waals surface area contributed by atoms with Crippen LogP contribution in [0.1, 0.15) is 20.7 Å². The van der Waals surface area contributed by atoms with Gasteiger partial charge in [0.15, 0.2) is 5.13 Å². The molecule has 0 unspecified atom stereocenters. The largest absolute Gasteiger partial charge is 0.479 e. The minimum absolute atomic E-state index is 0.117. The highest BCUT2D eigenvalue weighted by molar-refractivity contribution is 7.23. The van der Waals surface area contributed by atoms with Gasteiger partial charge in [-0.3, -0.25) is 14.9 Å². The zero-order chi connectivity index (χ0) is 22.0. The van der Waals surface area contributed by atoms with Crippen LogP contribution in [0.4, 0.5) is 10.8 Å². The smallest absolute Gasteiger partial charge is 0.257 e. The lowest BCUT2D eigenvalue weighted by Crippen LogP contribution is -2.36. The molecule has 9 nitrogen and oxygen atoms in total. The third kappa shape index (κ3) is 4.30. The molecule has 31 heavy (non-hydrogen) atoms. The number of nitrogens with zero attached hydrogens (tertiary/aromatic N) is 4. The number of rotatable bonds is 5. The number of hydrogen-bond donors (Lipinski definition) is 1. The summed E-state index contributed by atoms with van der Waals surface area (Å²) in [6.07, 6.45) is 1.77. The zero-order valence-corrected chi connectivity index (χ0v) is 18.4. The third-order valence-electron chi connectivity index (χ3n) is 4.93. The molecule has 0 saturated carbocycles. The lowest BCUT2D eigenvalue weighted by atomic mass is 10.1. The molecule has 0 aliphatic carbocycles. The van der Waals surface area contributed by atoms with E-state index in [2.05, 4.69) is 20.2 Å². The number of thiazole rings is 1. The maximum absolute atomic E-state index is 12.7. The van der Waals surface area contributed by atoms with Crippen molar-refractivity contribution >= 4 is 44.2 Å². The number of anilines is 2. The van der Waals surface area contributed by atoms with Crippen LogP contribution in [0.3, 0.4) is 0 Å². The van der Waals surface area contributed by atoms with Gasteiger partial charge in [-0.25, -0.2) is 9.97 Å². The Morgan fingerprint density at radius 3 is 2.48 bits per heavy atom. The Kier molecular flexibility index (Phi) is 6.01. The summed E-state index contributed by atoms with van der Waals surface area (Å²) in [6.45, 7) is 2.84. The van der Waals surface area contributed by atoms with Crippen molar-refractivity contribution in [3.05, 3.63) is 41.6 Å². The predicted molar refractivity (Wildman–Crippen MR) is 119 cm³/mol. The van der Waals surface area contributed by atoms with Gasteiger partial charge in [0.05, 0.1) is 36.9 Å². The van der Waals surface area contributed by atoms with Crippen LogP contribution >= 0.6 is 11.3 Å². The van der Waals surface area contributed by atoms with Gasteiger partial charge in [-0.2, -0.15) is 0 Å². The van der Waals surface area contributed by atoms with Crippen LogP contribution in [0.2, 0.25) is 0 Å². The lowest BCUT2D eigenvalue weighted by molar-refractivity contribution is 0.0827. The molecule has 4 rings (SSSR count). The Morgan fingerprint density at radius 1 is 1.16 bits per heavy atom. The van der Waals surface area contributed by atoms with Crippen LogP contribution in [0.5, 0.6) is 5.88 Å². The molecular weight excluding hydrogens is 418 g/mol. The Hall–Kier alpha value is -3.24. The second kappa shape index (κ2) is 8.86. The van der Waals surface area contributed by atoms with Crippen LogP contribution in [-0.2, 0) is 4.74 Å². The van der Waals surface area contributed by atoms with Crippen molar-refractivity contribution in [3.63, 3.8) is 0 Å². The van der Waals surface area contributed by atoms with Crippen LogP contribution < -0.4 is 15.0 Å². The average molecular weight is 442 g/mol. The Labute approximate surface area is 183 Å². The number of benzene rings is 1. The van der Waals surface area contributed by atoms with Gasteiger partial charge < -0.3 is 19.3 Å². The number of morpholine rings is 1. The Morgan fingerprint density at radius 2 is 1.84 bits per heavy atom. The van der Waals surface area contributed by atoms with Gasteiger partial charge >= 0.3 is 0 Å². The molecule has 0 bridgehead atoms. The molecule has 3 aromatic rings. The first-order valence-electron chi connectivity index (χ1n) is 9.77. The van der Waals surface area contributed by atoms with Gasteiger partial charge in [0.1, 0.15) is 5.52 Å². The molecule has 1 aliphatic rings. The minimum Gasteiger partial charge on any atom is -0.479 e. The zero-order valence-electron chi connectivity index (χ0n) is 17.5. The van der Waals surface area contributed by atoms with Gasteiger partial charge in [-0.15, -0.1) is 0 Å². The Bertz CT molecular complexity index is 1110. The number of aromatic nitrogens is 2. The summed E-state index contributed by atoms with van der Waals surface area (Å²) in [4.78, 5) is 37.4. The summed E-state index contributed by atoms with van der Waals surface area (Å²) in [5, 5.41) is 3.30. The van der Waals surface area contributed by atoms with Crippen LogP contribution in [0.15, 0.2) is 30.5 Å². The molecule has 1 aromatic carbocycles. The van der Waals surface area contributed by atoms with Crippen molar-refractivity contribution < 1.29 is 19.1 Å². The summed E-state index contributed by atoms with van der Waals surface area (Å²) in [6, 6.07) is 6.53. The molecule has 2 amide bonds. The first-order valence-corrected chi connectivity index (χ1v) is 10.6. The second-order valence-electron chi connectivity index (χ2n) is 7.18. The van der Waals surface area contributed by atoms with Gasteiger partial charge in [0, 0.05) is 38.3 Å². The molecule has 1 fully saturated rings. The van der Waals surface area contributed by atoms with Crippen molar-refractivity contribution in [2.24, 2.45) is 0 Å². The second-order valence-corrected chi connectivity index (χ2v) is 8.18. The van der Waals surface area contributed by atoms with E-state index in [1.54, 1.807) is 51.7 Å². The Balaban J connectivity index is 1.59. The lowest BCUT2D eigenvalue weighted by Gasteiger charge is -2.28. The van der Waals surface area contributed by atoms with Gasteiger partial charge in [0.2, 0.25) is 5.88 Å². The van der Waals surface area contributed by atoms with E-state index in [1.165, 1.54) is 16.2 Å². The molecule has 10 heteroatoms. The number of methoxy groups -OCH3 is 1. The summed E-state index contributed by atoms with van der Waals surface area (Å²) >= 11 is 1.38. The summed E-state index contributed by atoms with van der Waals surface area (Å²) in [5.74, 6) is -0.00793. The van der Waals surface area contributed by atoms with Crippen LogP contribution in [-0.4, -0.2) is 74.2 Å². The molecule has 1 N–H and O–H groups in total. The quantitative estimate of drug-likeness (QED) is 0.650. The number of ether oxygens (including phenoxy) is 2. The number of pyridine rings is 1. The van der Waals surface area contributed by atoms with Crippen molar-refractivity contribution in [2.75, 3.05) is 57.7 Å². The highest BCUT2D eigenvalue weighted by Gasteiger charge is 2.21. The predicted octanol–water partition coefficient (Wildman–Crippen LogP) is 2.49. The van der Waals surface area contributed by atoms with Crippen molar-refractivity contribution in [1.82, 2.24) is 14.9 Å². The highest BCUT2D eigenvalue weighted by atomic mass is 32.1. The number of nitrogens with one attached hydrogen (secondary N) is 1. The molecule has 0 atom stereocenters. The fraction of sp³-hybridized carbons (Fsp3) is 0.333. The standard InChI is InChI=1S/C21H23N5O4S/c1-25(2)20(28)14-6-4-13(5-7-14)18(27)24-21-23-16-17(31-21)15(12-22-19(16)29-3)26-8-10-30-11-9-26/h4-7,12H,8-11H2,1-3H3,(H,23,24,27). The number of amides is 2. The number of hydrogen-bond acceptors (Lipinski definition) is 8. The molecule has 3 heterocycles. The SMILES string of the molecule is COc1ncc(N2CCOCC2)c2sc(NC(=O)c3ccc(C(=O)N(C)C)cc3)nc12. The molecule has 2 aromatic heterocycles. The maximum atomic E-state index is 12.7. The molecule has 0 spiro atoms. The minimum atomic E-state index is -0.303. The van der Waals surface area contributed by atoms with Crippen LogP contribution in [0.25, 0.3) is 10.2 Å². The van der Waals surface area contributed by atoms with Crippen LogP contribution in [0, 0.1) is 0 Å². The first-order chi connectivity index (χ1) is 15.0. The number of carbonyl (C=O) groups excluding carboxylic acids is 2.